The Morgan fingerprint density at radius 1 is 1.06 bits per heavy atom. The van der Waals surface area contributed by atoms with E-state index in [4.69, 9.17) is 18.9 Å². The van der Waals surface area contributed by atoms with Crippen molar-refractivity contribution in [1.82, 2.24) is 14.8 Å². The molecule has 1 aromatic carbocycles. The Morgan fingerprint density at radius 3 is 2.34 bits per heavy atom. The molecular weight excluding hydrogens is 430 g/mol. The average molecular weight is 464 g/mol. The maximum Gasteiger partial charge on any atom is 0.316 e. The van der Waals surface area contributed by atoms with Crippen molar-refractivity contribution < 1.29 is 23.7 Å². The number of rotatable bonds is 11. The highest BCUT2D eigenvalue weighted by molar-refractivity contribution is 7.99. The van der Waals surface area contributed by atoms with Crippen LogP contribution < -0.4 is 14.2 Å². The zero-order valence-corrected chi connectivity index (χ0v) is 20.2. The monoisotopic (exact) mass is 463 g/mol. The van der Waals surface area contributed by atoms with Gasteiger partial charge < -0.3 is 18.9 Å². The van der Waals surface area contributed by atoms with Gasteiger partial charge in [0.2, 0.25) is 5.75 Å². The number of esters is 1. The predicted octanol–water partition coefficient (Wildman–Crippen LogP) is 4.91. The Balaban J connectivity index is 1.93. The van der Waals surface area contributed by atoms with Gasteiger partial charge >= 0.3 is 5.97 Å². The van der Waals surface area contributed by atoms with E-state index in [1.807, 2.05) is 12.1 Å². The lowest BCUT2D eigenvalue weighted by Gasteiger charge is -2.26. The summed E-state index contributed by atoms with van der Waals surface area (Å²) in [5.74, 6) is 2.38. The average Bonchev–Trinajstić information content (AvgIpc) is 3.26. The van der Waals surface area contributed by atoms with Gasteiger partial charge in [0.05, 0.1) is 33.7 Å². The molecule has 1 heterocycles. The van der Waals surface area contributed by atoms with E-state index in [1.54, 1.807) is 21.3 Å². The van der Waals surface area contributed by atoms with Crippen molar-refractivity contribution in [2.45, 2.75) is 63.1 Å². The number of nitrogens with zero attached hydrogens (tertiary/aromatic N) is 3. The molecule has 9 heteroatoms. The van der Waals surface area contributed by atoms with Crippen molar-refractivity contribution in [1.29, 1.82) is 0 Å². The maximum absolute atomic E-state index is 12.1. The largest absolute Gasteiger partial charge is 0.493 e. The Bertz CT molecular complexity index is 871. The van der Waals surface area contributed by atoms with Gasteiger partial charge in [-0.15, -0.1) is 10.2 Å². The first-order chi connectivity index (χ1) is 15.6. The molecule has 0 spiro atoms. The first-order valence-electron chi connectivity index (χ1n) is 11.2. The molecule has 0 N–H and O–H groups in total. The van der Waals surface area contributed by atoms with Gasteiger partial charge in [-0.2, -0.15) is 0 Å². The van der Waals surface area contributed by atoms with E-state index < -0.39 is 0 Å². The minimum absolute atomic E-state index is 0.212. The molecule has 0 aliphatic heterocycles. The van der Waals surface area contributed by atoms with Crippen LogP contribution in [0.25, 0.3) is 11.4 Å². The highest BCUT2D eigenvalue weighted by Gasteiger charge is 2.26. The molecule has 32 heavy (non-hydrogen) atoms. The van der Waals surface area contributed by atoms with Gasteiger partial charge in [0.1, 0.15) is 0 Å². The highest BCUT2D eigenvalue weighted by Crippen LogP contribution is 2.42. The fraction of sp³-hybridized carbons (Fsp3) is 0.609. The first-order valence-corrected chi connectivity index (χ1v) is 12.1. The molecule has 1 saturated carbocycles. The number of methoxy groups -OCH3 is 3. The molecule has 0 saturated heterocycles. The number of ether oxygens (including phenoxy) is 4. The molecule has 1 aliphatic rings. The molecule has 1 fully saturated rings. The van der Waals surface area contributed by atoms with E-state index in [0.29, 0.717) is 23.9 Å². The molecule has 0 radical (unpaired) electrons. The van der Waals surface area contributed by atoms with E-state index in [1.165, 1.54) is 31.0 Å². The smallest absolute Gasteiger partial charge is 0.316 e. The number of carbonyl (C=O) groups excluding carboxylic acids is 1. The predicted molar refractivity (Wildman–Crippen MR) is 124 cm³/mol. The highest BCUT2D eigenvalue weighted by atomic mass is 32.2. The Morgan fingerprint density at radius 2 is 1.75 bits per heavy atom. The second-order valence-electron chi connectivity index (χ2n) is 7.74. The molecule has 176 valence electrons. The molecule has 2 aromatic rings. The second kappa shape index (κ2) is 12.0. The molecule has 0 amide bonds. The summed E-state index contributed by atoms with van der Waals surface area (Å²) in [6, 6.07) is 4.06. The SMILES string of the molecule is CCCCOC(=O)CSc1nnc(-c2cc(OC)c(OC)c(OC)c2)n1C1CCCCC1. The molecule has 0 bridgehead atoms. The van der Waals surface area contributed by atoms with Crippen LogP contribution in [-0.4, -0.2) is 54.4 Å². The van der Waals surface area contributed by atoms with E-state index in [2.05, 4.69) is 21.7 Å². The number of aromatic nitrogens is 3. The molecule has 0 atom stereocenters. The van der Waals surface area contributed by atoms with Gasteiger partial charge in [0.25, 0.3) is 0 Å². The van der Waals surface area contributed by atoms with Gasteiger partial charge in [0.15, 0.2) is 22.5 Å². The third-order valence-electron chi connectivity index (χ3n) is 5.61. The zero-order valence-electron chi connectivity index (χ0n) is 19.4. The second-order valence-corrected chi connectivity index (χ2v) is 8.69. The summed E-state index contributed by atoms with van der Waals surface area (Å²) in [5, 5.41) is 9.68. The van der Waals surface area contributed by atoms with Crippen molar-refractivity contribution in [2.24, 2.45) is 0 Å². The van der Waals surface area contributed by atoms with Crippen molar-refractivity contribution >= 4 is 17.7 Å². The summed E-state index contributed by atoms with van der Waals surface area (Å²) in [6.07, 6.45) is 7.56. The third kappa shape index (κ3) is 5.68. The summed E-state index contributed by atoms with van der Waals surface area (Å²) in [6.45, 7) is 2.53. The van der Waals surface area contributed by atoms with Crippen LogP contribution in [0.5, 0.6) is 17.2 Å². The number of unbranched alkanes of at least 4 members (excludes halogenated alkanes) is 1. The summed E-state index contributed by atoms with van der Waals surface area (Å²) in [7, 11) is 4.77. The molecule has 8 nitrogen and oxygen atoms in total. The first kappa shape index (κ1) is 24.2. The van der Waals surface area contributed by atoms with Gasteiger partial charge in [0, 0.05) is 11.6 Å². The van der Waals surface area contributed by atoms with Gasteiger partial charge in [-0.25, -0.2) is 0 Å². The topological polar surface area (TPSA) is 84.7 Å². The Labute approximate surface area is 194 Å². The number of hydrogen-bond donors (Lipinski definition) is 0. The van der Waals surface area contributed by atoms with E-state index in [9.17, 15) is 4.79 Å². The van der Waals surface area contributed by atoms with Crippen LogP contribution in [0.15, 0.2) is 17.3 Å². The van der Waals surface area contributed by atoms with E-state index >= 15 is 0 Å². The number of hydrogen-bond acceptors (Lipinski definition) is 8. The van der Waals surface area contributed by atoms with Crippen molar-refractivity contribution in [3.05, 3.63) is 12.1 Å². The summed E-state index contributed by atoms with van der Waals surface area (Å²) < 4.78 is 24.0. The molecule has 3 rings (SSSR count). The fourth-order valence-corrected chi connectivity index (χ4v) is 4.75. The minimum atomic E-state index is -0.226. The van der Waals surface area contributed by atoms with E-state index in [0.717, 1.165) is 42.2 Å². The van der Waals surface area contributed by atoms with Crippen LogP contribution in [-0.2, 0) is 9.53 Å². The van der Waals surface area contributed by atoms with Crippen LogP contribution in [0.1, 0.15) is 57.9 Å². The lowest BCUT2D eigenvalue weighted by molar-refractivity contribution is -0.140. The lowest BCUT2D eigenvalue weighted by Crippen LogP contribution is -2.16. The summed E-state index contributed by atoms with van der Waals surface area (Å²) in [4.78, 5) is 12.1. The Kier molecular flexibility index (Phi) is 9.08. The lowest BCUT2D eigenvalue weighted by atomic mass is 9.95. The molecular formula is C23H33N3O5S. The number of benzene rings is 1. The minimum Gasteiger partial charge on any atom is -0.493 e. The fourth-order valence-electron chi connectivity index (χ4n) is 3.95. The van der Waals surface area contributed by atoms with Crippen molar-refractivity contribution in [3.63, 3.8) is 0 Å². The van der Waals surface area contributed by atoms with E-state index in [-0.39, 0.29) is 17.8 Å². The standard InChI is InChI=1S/C23H33N3O5S/c1-5-6-12-31-20(27)15-32-23-25-24-22(26(23)17-10-8-7-9-11-17)16-13-18(28-2)21(30-4)19(14-16)29-3/h13-14,17H,5-12,15H2,1-4H3. The zero-order chi connectivity index (χ0) is 22.9. The molecule has 1 aliphatic carbocycles. The van der Waals surface area contributed by atoms with Crippen LogP contribution in [0.4, 0.5) is 0 Å². The quantitative estimate of drug-likeness (QED) is 0.264. The van der Waals surface area contributed by atoms with Gasteiger partial charge in [-0.05, 0) is 31.4 Å². The number of thioether (sulfide) groups is 1. The van der Waals surface area contributed by atoms with Crippen LogP contribution in [0, 0.1) is 0 Å². The summed E-state index contributed by atoms with van der Waals surface area (Å²) >= 11 is 1.38. The van der Waals surface area contributed by atoms with Crippen molar-refractivity contribution in [3.8, 4) is 28.6 Å². The van der Waals surface area contributed by atoms with Crippen molar-refractivity contribution in [2.75, 3.05) is 33.7 Å². The molecule has 0 unspecified atom stereocenters. The molecule has 1 aromatic heterocycles. The number of carbonyl (C=O) groups is 1. The maximum atomic E-state index is 12.1. The normalized spacial score (nSPS) is 14.2. The van der Waals surface area contributed by atoms with Crippen LogP contribution in [0.3, 0.4) is 0 Å². The third-order valence-corrected chi connectivity index (χ3v) is 6.52. The van der Waals surface area contributed by atoms with Gasteiger partial charge in [-0.1, -0.05) is 44.4 Å². The van der Waals surface area contributed by atoms with Crippen LogP contribution in [0.2, 0.25) is 0 Å². The van der Waals surface area contributed by atoms with Gasteiger partial charge in [-0.3, -0.25) is 9.36 Å². The summed E-state index contributed by atoms with van der Waals surface area (Å²) in [5.41, 5.74) is 0.829. The van der Waals surface area contributed by atoms with Crippen LogP contribution >= 0.6 is 11.8 Å². The Hall–Kier alpha value is -2.42.